The Hall–Kier alpha value is -9.32. The van der Waals surface area contributed by atoms with E-state index in [-0.39, 0.29) is 0 Å². The lowest BCUT2D eigenvalue weighted by Gasteiger charge is -2.21. The van der Waals surface area contributed by atoms with Gasteiger partial charge in [-0.3, -0.25) is 0 Å². The minimum absolute atomic E-state index is 0.670. The summed E-state index contributed by atoms with van der Waals surface area (Å²) in [5.41, 5.74) is 17.0. The van der Waals surface area contributed by atoms with Crippen LogP contribution >= 0.6 is 0 Å². The van der Waals surface area contributed by atoms with Gasteiger partial charge in [0, 0.05) is 54.6 Å². The van der Waals surface area contributed by atoms with E-state index < -0.39 is 0 Å². The van der Waals surface area contributed by atoms with E-state index in [0.717, 1.165) is 78.3 Å². The predicted octanol–water partition coefficient (Wildman–Crippen LogP) is 16.4. The molecule has 14 rings (SSSR count). The van der Waals surface area contributed by atoms with Crippen LogP contribution in [0.2, 0.25) is 0 Å². The Morgan fingerprint density at radius 2 is 0.652 bits per heavy atom. The largest absolute Gasteiger partial charge is 0.309 e. The molecule has 69 heavy (non-hydrogen) atoms. The lowest BCUT2D eigenvalue weighted by atomic mass is 9.93. The fraction of sp³-hybridized carbons (Fsp3) is 0. The average molecular weight is 880 g/mol. The van der Waals surface area contributed by atoms with Gasteiger partial charge in [-0.15, -0.1) is 0 Å². The molecule has 0 N–H and O–H groups in total. The summed E-state index contributed by atoms with van der Waals surface area (Å²) in [6.45, 7) is 0. The molecule has 0 saturated carbocycles. The predicted molar refractivity (Wildman–Crippen MR) is 287 cm³/mol. The van der Waals surface area contributed by atoms with Gasteiger partial charge in [-0.1, -0.05) is 188 Å². The van der Waals surface area contributed by atoms with Crippen LogP contribution in [0.3, 0.4) is 0 Å². The Bertz CT molecular complexity index is 4140. The van der Waals surface area contributed by atoms with Gasteiger partial charge in [0.2, 0.25) is 0 Å². The average Bonchev–Trinajstić information content (AvgIpc) is 4.07. The zero-order valence-corrected chi connectivity index (χ0v) is 37.4. The summed E-state index contributed by atoms with van der Waals surface area (Å²) in [7, 11) is 0. The fourth-order valence-electron chi connectivity index (χ4n) is 11.0. The third kappa shape index (κ3) is 6.04. The summed E-state index contributed by atoms with van der Waals surface area (Å²) >= 11 is 0. The monoisotopic (exact) mass is 879 g/mol. The number of benzene rings is 10. The van der Waals surface area contributed by atoms with Gasteiger partial charge in [0.05, 0.1) is 61.6 Å². The molecule has 0 unspecified atom stereocenters. The van der Waals surface area contributed by atoms with E-state index >= 15 is 0 Å². The highest BCUT2D eigenvalue weighted by Gasteiger charge is 2.25. The van der Waals surface area contributed by atoms with E-state index in [1.165, 1.54) is 43.4 Å². The molecule has 0 amide bonds. The molecule has 4 aromatic heterocycles. The SMILES string of the molecule is c1ccc(-c2cc(-c3c(-c4ccccc4-n4c5ccccc5c5c(-n6c7ccccc7c7ccccc76)cccc54)cccc3-n3c4ccccc4c4ccccc43)nc(-c3ccccc3)n2)cc1. The van der Waals surface area contributed by atoms with Gasteiger partial charge in [-0.05, 0) is 66.2 Å². The summed E-state index contributed by atoms with van der Waals surface area (Å²) in [6, 6.07) is 89.2. The summed E-state index contributed by atoms with van der Waals surface area (Å²) in [5, 5.41) is 7.27. The van der Waals surface area contributed by atoms with Gasteiger partial charge < -0.3 is 13.7 Å². The first-order valence-electron chi connectivity index (χ1n) is 23.5. The first-order chi connectivity index (χ1) is 34.3. The Balaban J connectivity index is 1.09. The molecule has 0 bridgehead atoms. The zero-order valence-electron chi connectivity index (χ0n) is 37.4. The molecule has 4 heterocycles. The molecule has 5 heteroatoms. The van der Waals surface area contributed by atoms with E-state index in [2.05, 4.69) is 256 Å². The maximum Gasteiger partial charge on any atom is 0.160 e. The molecule has 322 valence electrons. The topological polar surface area (TPSA) is 40.6 Å². The molecule has 0 radical (unpaired) electrons. The second kappa shape index (κ2) is 15.7. The van der Waals surface area contributed by atoms with E-state index in [1.54, 1.807) is 0 Å². The van der Waals surface area contributed by atoms with Crippen LogP contribution in [0.4, 0.5) is 0 Å². The van der Waals surface area contributed by atoms with Crippen molar-refractivity contribution < 1.29 is 0 Å². The molecule has 10 aromatic carbocycles. The van der Waals surface area contributed by atoms with Crippen LogP contribution in [-0.2, 0) is 0 Å². The van der Waals surface area contributed by atoms with E-state index in [9.17, 15) is 0 Å². The lowest BCUT2D eigenvalue weighted by molar-refractivity contribution is 1.15. The number of hydrogen-bond acceptors (Lipinski definition) is 2. The second-order valence-electron chi connectivity index (χ2n) is 17.7. The van der Waals surface area contributed by atoms with Gasteiger partial charge in [-0.2, -0.15) is 0 Å². The second-order valence-corrected chi connectivity index (χ2v) is 17.7. The van der Waals surface area contributed by atoms with Gasteiger partial charge in [0.15, 0.2) is 5.82 Å². The first kappa shape index (κ1) is 38.9. The molecule has 0 aliphatic rings. The van der Waals surface area contributed by atoms with Crippen LogP contribution in [-0.4, -0.2) is 23.7 Å². The van der Waals surface area contributed by atoms with Gasteiger partial charge >= 0.3 is 0 Å². The standard InChI is InChI=1S/C64H41N5/c1-3-21-42(22-4-1)51-41-52(66-64(65-51)43-23-5-2-6-24-43)62-49(31-19-38-59(62)67-53-32-13-7-25-44(53)45-26-8-14-33-54(45)67)48-29-11-17-36-57(48)69-58-37-18-12-30-50(58)63-60(39-20-40-61(63)69)68-55-34-15-9-27-46(55)47-28-10-16-35-56(47)68/h1-41H. The molecule has 0 fully saturated rings. The minimum atomic E-state index is 0.670. The highest BCUT2D eigenvalue weighted by molar-refractivity contribution is 6.17. The number of nitrogens with zero attached hydrogens (tertiary/aromatic N) is 5. The molecule has 0 aliphatic heterocycles. The van der Waals surface area contributed by atoms with Crippen molar-refractivity contribution in [2.75, 3.05) is 0 Å². The van der Waals surface area contributed by atoms with Gasteiger partial charge in [-0.25, -0.2) is 9.97 Å². The Labute approximate surface area is 398 Å². The normalized spacial score (nSPS) is 11.8. The van der Waals surface area contributed by atoms with E-state index in [0.29, 0.717) is 5.82 Å². The van der Waals surface area contributed by atoms with E-state index in [4.69, 9.17) is 9.97 Å². The Morgan fingerprint density at radius 1 is 0.261 bits per heavy atom. The van der Waals surface area contributed by atoms with Crippen LogP contribution in [0.1, 0.15) is 0 Å². The molecule has 0 saturated heterocycles. The van der Waals surface area contributed by atoms with Crippen molar-refractivity contribution in [2.45, 2.75) is 0 Å². The van der Waals surface area contributed by atoms with Crippen molar-refractivity contribution in [3.05, 3.63) is 249 Å². The van der Waals surface area contributed by atoms with Gasteiger partial charge in [0.1, 0.15) is 0 Å². The van der Waals surface area contributed by atoms with E-state index in [1.807, 2.05) is 6.07 Å². The third-order valence-electron chi connectivity index (χ3n) is 13.9. The van der Waals surface area contributed by atoms with Crippen LogP contribution in [0, 0.1) is 0 Å². The van der Waals surface area contributed by atoms with Crippen LogP contribution in [0.25, 0.3) is 128 Å². The fourth-order valence-corrected chi connectivity index (χ4v) is 11.0. The Morgan fingerprint density at radius 3 is 1.26 bits per heavy atom. The molecular weight excluding hydrogens is 839 g/mol. The van der Waals surface area contributed by atoms with Crippen LogP contribution in [0.15, 0.2) is 249 Å². The molecular formula is C64H41N5. The maximum atomic E-state index is 5.56. The smallest absolute Gasteiger partial charge is 0.160 e. The number of fused-ring (bicyclic) bond motifs is 9. The van der Waals surface area contributed by atoms with Crippen molar-refractivity contribution in [1.29, 1.82) is 0 Å². The molecule has 5 nitrogen and oxygen atoms in total. The lowest BCUT2D eigenvalue weighted by Crippen LogP contribution is -2.04. The third-order valence-corrected chi connectivity index (χ3v) is 13.9. The zero-order chi connectivity index (χ0) is 45.4. The number of aromatic nitrogens is 5. The maximum absolute atomic E-state index is 5.56. The minimum Gasteiger partial charge on any atom is -0.309 e. The number of para-hydroxylation sites is 6. The highest BCUT2D eigenvalue weighted by Crippen LogP contribution is 2.46. The highest BCUT2D eigenvalue weighted by atomic mass is 15.0. The number of hydrogen-bond donors (Lipinski definition) is 0. The molecule has 0 spiro atoms. The summed E-state index contributed by atoms with van der Waals surface area (Å²) in [4.78, 5) is 10.8. The van der Waals surface area contributed by atoms with Crippen molar-refractivity contribution in [2.24, 2.45) is 0 Å². The first-order valence-corrected chi connectivity index (χ1v) is 23.5. The Kier molecular flexibility index (Phi) is 8.83. The van der Waals surface area contributed by atoms with Crippen molar-refractivity contribution >= 4 is 65.4 Å². The van der Waals surface area contributed by atoms with Crippen molar-refractivity contribution in [3.8, 4) is 62.1 Å². The summed E-state index contributed by atoms with van der Waals surface area (Å²) < 4.78 is 7.35. The van der Waals surface area contributed by atoms with Crippen molar-refractivity contribution in [3.63, 3.8) is 0 Å². The molecule has 0 aliphatic carbocycles. The summed E-state index contributed by atoms with van der Waals surface area (Å²) in [6.07, 6.45) is 0. The van der Waals surface area contributed by atoms with Crippen LogP contribution < -0.4 is 0 Å². The molecule has 0 atom stereocenters. The summed E-state index contributed by atoms with van der Waals surface area (Å²) in [5.74, 6) is 0.670. The van der Waals surface area contributed by atoms with Gasteiger partial charge in [0.25, 0.3) is 0 Å². The number of rotatable bonds is 7. The van der Waals surface area contributed by atoms with Crippen LogP contribution in [0.5, 0.6) is 0 Å². The molecule has 14 aromatic rings. The quantitative estimate of drug-likeness (QED) is 0.160. The van der Waals surface area contributed by atoms with Crippen molar-refractivity contribution in [1.82, 2.24) is 23.7 Å².